The van der Waals surface area contributed by atoms with Crippen LogP contribution in [0, 0.1) is 25.7 Å². The summed E-state index contributed by atoms with van der Waals surface area (Å²) in [7, 11) is 5.27. The van der Waals surface area contributed by atoms with Gasteiger partial charge in [0.1, 0.15) is 5.82 Å². The SMILES string of the molecule is [CH-]=Nc1ccc(C(=O)c2c(F)ccc(NSN(C)CC)c2F)cc1[C-]=O.[CH2-]CC1(O[CH2-])CCNCC1.[Na+]. The molecule has 3 rings (SSSR count). The van der Waals surface area contributed by atoms with Gasteiger partial charge in [0.25, 0.3) is 0 Å². The van der Waals surface area contributed by atoms with Crippen molar-refractivity contribution >= 4 is 42.3 Å². The summed E-state index contributed by atoms with van der Waals surface area (Å²) in [6, 6.07) is 5.94. The molecule has 1 heterocycles. The average molecular weight is 540 g/mol. The molecule has 0 saturated carbocycles. The second kappa shape index (κ2) is 16.3. The molecule has 0 atom stereocenters. The number of hydrogen-bond acceptors (Lipinski definition) is 8. The number of aliphatic imine (C=N–C) groups is 1. The molecule has 196 valence electrons. The van der Waals surface area contributed by atoms with Gasteiger partial charge >= 0.3 is 29.6 Å². The number of benzene rings is 2. The number of ketones is 1. The Kier molecular flexibility index (Phi) is 14.7. The molecule has 1 aliphatic rings. The van der Waals surface area contributed by atoms with Gasteiger partial charge in [0.05, 0.1) is 17.5 Å². The van der Waals surface area contributed by atoms with E-state index in [-0.39, 0.29) is 57.7 Å². The second-order valence-electron chi connectivity index (χ2n) is 8.04. The van der Waals surface area contributed by atoms with Gasteiger partial charge in [-0.1, -0.05) is 24.7 Å². The van der Waals surface area contributed by atoms with E-state index in [1.807, 2.05) is 6.92 Å². The average Bonchev–Trinajstić information content (AvgIpc) is 2.92. The minimum absolute atomic E-state index is 0. The monoisotopic (exact) mass is 539 g/mol. The van der Waals surface area contributed by atoms with Gasteiger partial charge in [-0.2, -0.15) is 13.1 Å². The topological polar surface area (TPSA) is 83.0 Å². The minimum Gasteiger partial charge on any atom is -0.552 e. The van der Waals surface area contributed by atoms with E-state index in [2.05, 4.69) is 29.1 Å². The fourth-order valence-electron chi connectivity index (χ4n) is 3.40. The van der Waals surface area contributed by atoms with Crippen LogP contribution in [-0.4, -0.2) is 55.4 Å². The third-order valence-corrected chi connectivity index (χ3v) is 6.74. The first-order valence-corrected chi connectivity index (χ1v) is 12.1. The fraction of sp³-hybridized carbons (Fsp3) is 0.346. The van der Waals surface area contributed by atoms with Gasteiger partial charge in [-0.25, -0.2) is 20.2 Å². The maximum Gasteiger partial charge on any atom is 1.00 e. The molecule has 2 aromatic rings. The third-order valence-electron chi connectivity index (χ3n) is 5.86. The van der Waals surface area contributed by atoms with Crippen molar-refractivity contribution in [3.8, 4) is 0 Å². The second-order valence-corrected chi connectivity index (χ2v) is 9.05. The fourth-order valence-corrected chi connectivity index (χ4v) is 3.94. The molecule has 0 unspecified atom stereocenters. The smallest absolute Gasteiger partial charge is 0.552 e. The Morgan fingerprint density at radius 3 is 2.51 bits per heavy atom. The predicted octanol–water partition coefficient (Wildman–Crippen LogP) is 1.93. The van der Waals surface area contributed by atoms with E-state index >= 15 is 0 Å². The molecule has 2 N–H and O–H groups in total. The number of nitrogens with one attached hydrogen (secondary N) is 2. The van der Waals surface area contributed by atoms with Gasteiger partial charge in [0.2, 0.25) is 0 Å². The zero-order chi connectivity index (χ0) is 26.7. The molecule has 0 radical (unpaired) electrons. The molecule has 2 aromatic carbocycles. The standard InChI is InChI=1S/C18H15F2N3O2S.C8H15NO.Na/c1-4-23(3)26-22-15-8-6-13(19)16(17(15)20)18(25)11-5-7-14(21-2)12(9-11)10-24;1-3-8(10-2)4-6-9-7-5-8;/h2,5-9,22H,4H2,1,3H3;9H,1-7H2;/q2*-2;+1. The zero-order valence-corrected chi connectivity index (χ0v) is 24.2. The molecule has 0 aromatic heterocycles. The first kappa shape index (κ1) is 33.4. The summed E-state index contributed by atoms with van der Waals surface area (Å²) in [5.41, 5.74) is -0.810. The Morgan fingerprint density at radius 1 is 1.32 bits per heavy atom. The van der Waals surface area contributed by atoms with E-state index in [9.17, 15) is 18.4 Å². The molecule has 11 heteroatoms. The maximum atomic E-state index is 14.7. The van der Waals surface area contributed by atoms with E-state index < -0.39 is 23.0 Å². The number of carbonyl (C=O) groups excluding carboxylic acids is 2. The Balaban J connectivity index is 0.000000523. The summed E-state index contributed by atoms with van der Waals surface area (Å²) in [6.45, 7) is 13.6. The van der Waals surface area contributed by atoms with Crippen LogP contribution in [0.2, 0.25) is 0 Å². The molecule has 0 aliphatic carbocycles. The number of halogens is 2. The van der Waals surface area contributed by atoms with Crippen molar-refractivity contribution in [2.45, 2.75) is 31.8 Å². The minimum atomic E-state index is -1.02. The number of ether oxygens (including phenoxy) is 1. The molecule has 7 nitrogen and oxygen atoms in total. The Hall–Kier alpha value is -1.66. The summed E-state index contributed by atoms with van der Waals surface area (Å²) in [4.78, 5) is 26.9. The van der Waals surface area contributed by atoms with Crippen molar-refractivity contribution in [2.75, 3.05) is 31.4 Å². The van der Waals surface area contributed by atoms with Crippen molar-refractivity contribution < 1.29 is 52.7 Å². The number of hydrogen-bond donors (Lipinski definition) is 2. The molecule has 1 saturated heterocycles. The van der Waals surface area contributed by atoms with E-state index in [1.54, 1.807) is 17.6 Å². The summed E-state index contributed by atoms with van der Waals surface area (Å²) in [5, 5.41) is 3.27. The van der Waals surface area contributed by atoms with Gasteiger partial charge in [-0.05, 0) is 50.7 Å². The Bertz CT molecular complexity index is 1060. The molecular weight excluding hydrogens is 509 g/mol. The van der Waals surface area contributed by atoms with Crippen molar-refractivity contribution in [3.63, 3.8) is 0 Å². The maximum absolute atomic E-state index is 14.7. The van der Waals surface area contributed by atoms with Crippen LogP contribution in [0.1, 0.15) is 47.7 Å². The van der Waals surface area contributed by atoms with Gasteiger partial charge in [-0.3, -0.25) is 4.79 Å². The zero-order valence-electron chi connectivity index (χ0n) is 21.4. The molecule has 1 aliphatic heterocycles. The van der Waals surface area contributed by atoms with Crippen LogP contribution in [0.25, 0.3) is 0 Å². The van der Waals surface area contributed by atoms with Crippen LogP contribution in [-0.2, 0) is 9.53 Å². The molecule has 1 fully saturated rings. The first-order chi connectivity index (χ1) is 17.2. The summed E-state index contributed by atoms with van der Waals surface area (Å²) in [6.07, 6.45) is 4.50. The number of rotatable bonds is 10. The number of carbonyl (C=O) groups is 1. The molecular formula is C26H30F2N4NaO3S-3. The van der Waals surface area contributed by atoms with E-state index in [0.717, 1.165) is 56.6 Å². The predicted molar refractivity (Wildman–Crippen MR) is 140 cm³/mol. The van der Waals surface area contributed by atoms with E-state index in [1.165, 1.54) is 18.2 Å². The Labute approximate surface area is 244 Å². The van der Waals surface area contributed by atoms with Crippen molar-refractivity contribution in [1.29, 1.82) is 0 Å². The number of nitrogens with zero attached hydrogens (tertiary/aromatic N) is 2. The van der Waals surface area contributed by atoms with Crippen molar-refractivity contribution in [1.82, 2.24) is 9.62 Å². The van der Waals surface area contributed by atoms with Crippen LogP contribution < -0.4 is 39.6 Å². The normalized spacial score (nSPS) is 14.1. The number of anilines is 1. The molecule has 0 bridgehead atoms. The van der Waals surface area contributed by atoms with Crippen molar-refractivity contribution in [2.24, 2.45) is 4.99 Å². The first-order valence-electron chi connectivity index (χ1n) is 11.3. The molecule has 0 amide bonds. The summed E-state index contributed by atoms with van der Waals surface area (Å²) in [5.74, 6) is -2.93. The van der Waals surface area contributed by atoms with Gasteiger partial charge in [0.15, 0.2) is 11.6 Å². The molecule has 0 spiro atoms. The van der Waals surface area contributed by atoms with E-state index in [0.29, 0.717) is 6.54 Å². The van der Waals surface area contributed by atoms with Crippen LogP contribution in [0.15, 0.2) is 35.3 Å². The van der Waals surface area contributed by atoms with Crippen molar-refractivity contribution in [3.05, 3.63) is 72.7 Å². The van der Waals surface area contributed by atoms with Crippen LogP contribution in [0.4, 0.5) is 20.2 Å². The van der Waals surface area contributed by atoms with Crippen LogP contribution >= 0.6 is 12.1 Å². The van der Waals surface area contributed by atoms with Gasteiger partial charge in [0, 0.05) is 24.3 Å². The van der Waals surface area contributed by atoms with Gasteiger partial charge < -0.3 is 31.5 Å². The van der Waals surface area contributed by atoms with E-state index in [4.69, 9.17) is 11.5 Å². The van der Waals surface area contributed by atoms with Crippen LogP contribution in [0.3, 0.4) is 0 Å². The van der Waals surface area contributed by atoms with Crippen LogP contribution in [0.5, 0.6) is 0 Å². The van der Waals surface area contributed by atoms with Gasteiger partial charge in [-0.15, -0.1) is 11.6 Å². The Morgan fingerprint density at radius 2 is 2.00 bits per heavy atom. The number of piperidine rings is 1. The largest absolute Gasteiger partial charge is 1.00 e. The summed E-state index contributed by atoms with van der Waals surface area (Å²) < 4.78 is 38.5. The summed E-state index contributed by atoms with van der Waals surface area (Å²) >= 11 is 1.11. The molecule has 37 heavy (non-hydrogen) atoms. The third kappa shape index (κ3) is 8.95. The quantitative estimate of drug-likeness (QED) is 0.157.